The van der Waals surface area contributed by atoms with Crippen LogP contribution in [0.5, 0.6) is 0 Å². The molecule has 0 heterocycles. The van der Waals surface area contributed by atoms with Gasteiger partial charge in [0.25, 0.3) is 0 Å². The second-order valence-corrected chi connectivity index (χ2v) is 6.49. The van der Waals surface area contributed by atoms with E-state index in [1.54, 1.807) is 19.0 Å². The van der Waals surface area contributed by atoms with Crippen molar-refractivity contribution in [3.8, 4) is 0 Å². The third kappa shape index (κ3) is 7.20. The smallest absolute Gasteiger partial charge is 0.243 e. The van der Waals surface area contributed by atoms with Gasteiger partial charge >= 0.3 is 0 Å². The molecule has 0 bridgehead atoms. The molecule has 1 saturated carbocycles. The summed E-state index contributed by atoms with van der Waals surface area (Å²) in [5.74, 6) is 0.736. The maximum absolute atomic E-state index is 11.7. The molecule has 0 unspecified atom stereocenters. The fourth-order valence-electron chi connectivity index (χ4n) is 2.97. The maximum Gasteiger partial charge on any atom is 0.243 e. The largest absolute Gasteiger partial charge is 0.382 e. The van der Waals surface area contributed by atoms with Crippen molar-refractivity contribution < 1.29 is 9.53 Å². The molecule has 6 heteroatoms. The van der Waals surface area contributed by atoms with Crippen LogP contribution in [0.4, 0.5) is 0 Å². The predicted molar refractivity (Wildman–Crippen MR) is 94.7 cm³/mol. The average Bonchev–Trinajstić information content (AvgIpc) is 2.99. The lowest BCUT2D eigenvalue weighted by atomic mass is 9.83. The molecule has 0 aromatic heterocycles. The van der Waals surface area contributed by atoms with Crippen LogP contribution in [0.3, 0.4) is 0 Å². The number of likely N-dealkylation sites (N-methyl/N-ethyl adjacent to an activating group) is 1. The second-order valence-electron chi connectivity index (χ2n) is 6.49. The molecule has 2 N–H and O–H groups in total. The van der Waals surface area contributed by atoms with Crippen molar-refractivity contribution in [2.45, 2.75) is 46.0 Å². The topological polar surface area (TPSA) is 66.0 Å². The van der Waals surface area contributed by atoms with Gasteiger partial charge in [0.05, 0.1) is 0 Å². The Morgan fingerprint density at radius 2 is 1.91 bits per heavy atom. The van der Waals surface area contributed by atoms with Crippen LogP contribution in [0, 0.1) is 5.41 Å². The van der Waals surface area contributed by atoms with Crippen LogP contribution >= 0.6 is 0 Å². The molecule has 0 atom stereocenters. The van der Waals surface area contributed by atoms with Crippen LogP contribution in [0.25, 0.3) is 0 Å². The van der Waals surface area contributed by atoms with Gasteiger partial charge in [0, 0.05) is 40.4 Å². The zero-order chi connectivity index (χ0) is 17.1. The summed E-state index contributed by atoms with van der Waals surface area (Å²) in [6.45, 7) is 7.53. The number of guanidine groups is 1. The first kappa shape index (κ1) is 19.7. The van der Waals surface area contributed by atoms with Crippen LogP contribution in [0.15, 0.2) is 4.99 Å². The van der Waals surface area contributed by atoms with Gasteiger partial charge < -0.3 is 20.3 Å². The van der Waals surface area contributed by atoms with E-state index in [9.17, 15) is 4.79 Å². The number of hydrogen-bond acceptors (Lipinski definition) is 3. The van der Waals surface area contributed by atoms with E-state index in [4.69, 9.17) is 4.74 Å². The van der Waals surface area contributed by atoms with Gasteiger partial charge in [-0.1, -0.05) is 12.8 Å². The molecule has 23 heavy (non-hydrogen) atoms. The standard InChI is InChI=1S/C17H34N4O2/c1-5-18-16(19-13-15(22)21(3)4)20-14-17(9-7-8-10-17)11-12-23-6-2/h5-14H2,1-4H3,(H2,18,19,20). The highest BCUT2D eigenvalue weighted by Gasteiger charge is 2.33. The fraction of sp³-hybridized carbons (Fsp3) is 0.882. The van der Waals surface area contributed by atoms with Gasteiger partial charge in [0.2, 0.25) is 5.91 Å². The molecule has 0 saturated heterocycles. The van der Waals surface area contributed by atoms with Crippen LogP contribution in [0.1, 0.15) is 46.0 Å². The lowest BCUT2D eigenvalue weighted by molar-refractivity contribution is -0.127. The van der Waals surface area contributed by atoms with Crippen molar-refractivity contribution in [2.75, 3.05) is 46.9 Å². The second kappa shape index (κ2) is 10.5. The van der Waals surface area contributed by atoms with E-state index in [1.165, 1.54) is 25.7 Å². The monoisotopic (exact) mass is 326 g/mol. The molecule has 0 aliphatic heterocycles. The van der Waals surface area contributed by atoms with Gasteiger partial charge in [-0.25, -0.2) is 4.99 Å². The van der Waals surface area contributed by atoms with E-state index in [0.29, 0.717) is 5.41 Å². The van der Waals surface area contributed by atoms with Crippen LogP contribution < -0.4 is 10.6 Å². The minimum atomic E-state index is 0.00845. The average molecular weight is 326 g/mol. The molecule has 1 fully saturated rings. The Kier molecular flexibility index (Phi) is 8.99. The maximum atomic E-state index is 11.7. The summed E-state index contributed by atoms with van der Waals surface area (Å²) in [6.07, 6.45) is 6.15. The minimum Gasteiger partial charge on any atom is -0.382 e. The first-order chi connectivity index (χ1) is 11.0. The molecule has 0 aromatic carbocycles. The summed E-state index contributed by atoms with van der Waals surface area (Å²) >= 11 is 0. The Hall–Kier alpha value is -1.30. The molecular weight excluding hydrogens is 292 g/mol. The SMILES string of the molecule is CCNC(=NCC(=O)N(C)C)NCC1(CCOCC)CCCC1. The normalized spacial score (nSPS) is 17.1. The van der Waals surface area contributed by atoms with Crippen molar-refractivity contribution >= 4 is 11.9 Å². The summed E-state index contributed by atoms with van der Waals surface area (Å²) in [5.41, 5.74) is 0.302. The Morgan fingerprint density at radius 3 is 2.48 bits per heavy atom. The summed E-state index contributed by atoms with van der Waals surface area (Å²) in [6, 6.07) is 0. The molecule has 0 aromatic rings. The van der Waals surface area contributed by atoms with Crippen molar-refractivity contribution in [3.63, 3.8) is 0 Å². The van der Waals surface area contributed by atoms with Gasteiger partial charge in [0.15, 0.2) is 5.96 Å². The molecule has 134 valence electrons. The predicted octanol–water partition coefficient (Wildman–Crippen LogP) is 1.62. The van der Waals surface area contributed by atoms with E-state index in [2.05, 4.69) is 15.6 Å². The fourth-order valence-corrected chi connectivity index (χ4v) is 2.97. The number of nitrogens with zero attached hydrogens (tertiary/aromatic N) is 2. The Bertz CT molecular complexity index is 377. The number of nitrogens with one attached hydrogen (secondary N) is 2. The molecule has 1 aliphatic rings. The summed E-state index contributed by atoms with van der Waals surface area (Å²) < 4.78 is 5.56. The highest BCUT2D eigenvalue weighted by atomic mass is 16.5. The Labute approximate surface area is 141 Å². The highest BCUT2D eigenvalue weighted by Crippen LogP contribution is 2.40. The summed E-state index contributed by atoms with van der Waals surface area (Å²) in [5, 5.41) is 6.66. The molecule has 0 spiro atoms. The lowest BCUT2D eigenvalue weighted by Crippen LogP contribution is -2.44. The first-order valence-corrected chi connectivity index (χ1v) is 8.83. The van der Waals surface area contributed by atoms with E-state index >= 15 is 0 Å². The van der Waals surface area contributed by atoms with Gasteiger partial charge in [0.1, 0.15) is 6.54 Å². The third-order valence-corrected chi connectivity index (χ3v) is 4.49. The lowest BCUT2D eigenvalue weighted by Gasteiger charge is -2.30. The zero-order valence-electron chi connectivity index (χ0n) is 15.3. The van der Waals surface area contributed by atoms with Crippen molar-refractivity contribution in [1.29, 1.82) is 0 Å². The molecule has 1 aliphatic carbocycles. The Morgan fingerprint density at radius 1 is 1.22 bits per heavy atom. The third-order valence-electron chi connectivity index (χ3n) is 4.49. The molecule has 6 nitrogen and oxygen atoms in total. The number of amides is 1. The van der Waals surface area contributed by atoms with Crippen LogP contribution in [-0.2, 0) is 9.53 Å². The number of carbonyl (C=O) groups excluding carboxylic acids is 1. The zero-order valence-corrected chi connectivity index (χ0v) is 15.3. The molecule has 1 amide bonds. The number of rotatable bonds is 9. The van der Waals surface area contributed by atoms with E-state index in [0.717, 1.165) is 38.7 Å². The number of hydrogen-bond donors (Lipinski definition) is 2. The number of aliphatic imine (C=N–C) groups is 1. The minimum absolute atomic E-state index is 0.00845. The quantitative estimate of drug-likeness (QED) is 0.384. The molecular formula is C17H34N4O2. The first-order valence-electron chi connectivity index (χ1n) is 8.83. The van der Waals surface area contributed by atoms with E-state index < -0.39 is 0 Å². The van der Waals surface area contributed by atoms with Gasteiger partial charge in [-0.2, -0.15) is 0 Å². The number of ether oxygens (including phenoxy) is 1. The van der Waals surface area contributed by atoms with Gasteiger partial charge in [-0.15, -0.1) is 0 Å². The highest BCUT2D eigenvalue weighted by molar-refractivity contribution is 5.84. The van der Waals surface area contributed by atoms with E-state index in [1.807, 2.05) is 13.8 Å². The van der Waals surface area contributed by atoms with Crippen LogP contribution in [-0.4, -0.2) is 63.7 Å². The van der Waals surface area contributed by atoms with Gasteiger partial charge in [-0.05, 0) is 38.5 Å². The van der Waals surface area contributed by atoms with Crippen molar-refractivity contribution in [3.05, 3.63) is 0 Å². The van der Waals surface area contributed by atoms with E-state index in [-0.39, 0.29) is 12.5 Å². The summed E-state index contributed by atoms with van der Waals surface area (Å²) in [4.78, 5) is 17.7. The van der Waals surface area contributed by atoms with Crippen LogP contribution in [0.2, 0.25) is 0 Å². The Balaban J connectivity index is 2.56. The van der Waals surface area contributed by atoms with Gasteiger partial charge in [-0.3, -0.25) is 4.79 Å². The number of carbonyl (C=O) groups is 1. The molecule has 0 radical (unpaired) electrons. The van der Waals surface area contributed by atoms with Crippen molar-refractivity contribution in [1.82, 2.24) is 15.5 Å². The summed E-state index contributed by atoms with van der Waals surface area (Å²) in [7, 11) is 3.50. The van der Waals surface area contributed by atoms with Crippen molar-refractivity contribution in [2.24, 2.45) is 10.4 Å². The molecule has 1 rings (SSSR count).